The van der Waals surface area contributed by atoms with Crippen LogP contribution >= 0.6 is 0 Å². The summed E-state index contributed by atoms with van der Waals surface area (Å²) in [7, 11) is 0. The molecular weight excluding hydrogens is 190 g/mol. The summed E-state index contributed by atoms with van der Waals surface area (Å²) >= 11 is 0. The van der Waals surface area contributed by atoms with Crippen LogP contribution in [-0.4, -0.2) is 12.6 Å². The third-order valence-electron chi connectivity index (χ3n) is 2.44. The van der Waals surface area contributed by atoms with Crippen molar-refractivity contribution >= 4 is 17.4 Å². The van der Waals surface area contributed by atoms with Crippen LogP contribution in [0.15, 0.2) is 24.3 Å². The van der Waals surface area contributed by atoms with Crippen LogP contribution in [-0.2, 0) is 0 Å². The van der Waals surface area contributed by atoms with E-state index in [0.717, 1.165) is 23.8 Å². The van der Waals surface area contributed by atoms with Gasteiger partial charge in [-0.25, -0.2) is 4.79 Å². The summed E-state index contributed by atoms with van der Waals surface area (Å²) in [4.78, 5) is 10.6. The molecule has 0 aliphatic heterocycles. The molecule has 0 saturated heterocycles. The van der Waals surface area contributed by atoms with Crippen molar-refractivity contribution in [1.29, 1.82) is 0 Å². The lowest BCUT2D eigenvalue weighted by Crippen LogP contribution is -2.19. The van der Waals surface area contributed by atoms with Crippen molar-refractivity contribution in [3.8, 4) is 0 Å². The van der Waals surface area contributed by atoms with Gasteiger partial charge in [-0.05, 0) is 43.0 Å². The maximum Gasteiger partial charge on any atom is 0.316 e. The summed E-state index contributed by atoms with van der Waals surface area (Å²) in [5, 5.41) is 5.86. The van der Waals surface area contributed by atoms with E-state index < -0.39 is 6.03 Å². The summed E-state index contributed by atoms with van der Waals surface area (Å²) in [5.74, 6) is 0.855. The van der Waals surface area contributed by atoms with Crippen LogP contribution in [0.25, 0.3) is 0 Å². The maximum absolute atomic E-state index is 10.6. The van der Waals surface area contributed by atoms with E-state index in [2.05, 4.69) is 10.6 Å². The third kappa shape index (κ3) is 3.16. The number of amides is 2. The van der Waals surface area contributed by atoms with E-state index in [4.69, 9.17) is 5.73 Å². The summed E-state index contributed by atoms with van der Waals surface area (Å²) in [6.45, 7) is 1.04. The lowest BCUT2D eigenvalue weighted by atomic mass is 10.2. The monoisotopic (exact) mass is 205 g/mol. The van der Waals surface area contributed by atoms with Gasteiger partial charge in [0.25, 0.3) is 0 Å². The molecule has 1 aliphatic rings. The van der Waals surface area contributed by atoms with Crippen LogP contribution in [0, 0.1) is 5.92 Å². The number of primary amides is 1. The number of hydrogen-bond acceptors (Lipinski definition) is 2. The van der Waals surface area contributed by atoms with Gasteiger partial charge in [0.1, 0.15) is 0 Å². The van der Waals surface area contributed by atoms with Gasteiger partial charge >= 0.3 is 6.03 Å². The van der Waals surface area contributed by atoms with Gasteiger partial charge in [0.2, 0.25) is 0 Å². The SMILES string of the molecule is NC(=O)Nc1ccc(NCC2CC2)cc1. The van der Waals surface area contributed by atoms with Gasteiger partial charge in [0.05, 0.1) is 0 Å². The Morgan fingerprint density at radius 3 is 2.40 bits per heavy atom. The molecule has 4 heteroatoms. The average Bonchev–Trinajstić information content (AvgIpc) is 2.99. The third-order valence-corrected chi connectivity index (χ3v) is 2.44. The number of carbonyl (C=O) groups excluding carboxylic acids is 1. The summed E-state index contributed by atoms with van der Waals surface area (Å²) < 4.78 is 0. The van der Waals surface area contributed by atoms with Gasteiger partial charge in [0, 0.05) is 17.9 Å². The minimum absolute atomic E-state index is 0.534. The molecule has 1 aromatic rings. The van der Waals surface area contributed by atoms with Crippen molar-refractivity contribution in [2.75, 3.05) is 17.2 Å². The minimum atomic E-state index is -0.534. The predicted molar refractivity (Wildman–Crippen MR) is 60.9 cm³/mol. The van der Waals surface area contributed by atoms with E-state index in [-0.39, 0.29) is 0 Å². The number of nitrogens with one attached hydrogen (secondary N) is 2. The largest absolute Gasteiger partial charge is 0.385 e. The molecule has 0 spiro atoms. The van der Waals surface area contributed by atoms with Gasteiger partial charge in [0.15, 0.2) is 0 Å². The number of benzene rings is 1. The van der Waals surface area contributed by atoms with Crippen molar-refractivity contribution in [2.45, 2.75) is 12.8 Å². The molecule has 1 aliphatic carbocycles. The highest BCUT2D eigenvalue weighted by Crippen LogP contribution is 2.29. The number of carbonyl (C=O) groups is 1. The molecule has 0 aromatic heterocycles. The molecule has 80 valence electrons. The number of nitrogens with two attached hydrogens (primary N) is 1. The Kier molecular flexibility index (Phi) is 2.76. The topological polar surface area (TPSA) is 67.2 Å². The fraction of sp³-hybridized carbons (Fsp3) is 0.364. The minimum Gasteiger partial charge on any atom is -0.385 e. The quantitative estimate of drug-likeness (QED) is 0.703. The second kappa shape index (κ2) is 4.21. The van der Waals surface area contributed by atoms with Crippen LogP contribution in [0.4, 0.5) is 16.2 Å². The predicted octanol–water partition coefficient (Wildman–Crippen LogP) is 2.00. The van der Waals surface area contributed by atoms with E-state index in [1.54, 1.807) is 0 Å². The zero-order valence-corrected chi connectivity index (χ0v) is 8.49. The van der Waals surface area contributed by atoms with Crippen LogP contribution in [0.2, 0.25) is 0 Å². The van der Waals surface area contributed by atoms with Crippen molar-refractivity contribution in [3.63, 3.8) is 0 Å². The van der Waals surface area contributed by atoms with E-state index >= 15 is 0 Å². The second-order valence-electron chi connectivity index (χ2n) is 3.89. The van der Waals surface area contributed by atoms with Crippen molar-refractivity contribution in [2.24, 2.45) is 11.7 Å². The Bertz CT molecular complexity index is 343. The first kappa shape index (κ1) is 9.83. The van der Waals surface area contributed by atoms with Gasteiger partial charge < -0.3 is 16.4 Å². The first-order valence-electron chi connectivity index (χ1n) is 5.14. The highest BCUT2D eigenvalue weighted by molar-refractivity contribution is 5.87. The molecule has 4 nitrogen and oxygen atoms in total. The lowest BCUT2D eigenvalue weighted by molar-refractivity contribution is 0.259. The van der Waals surface area contributed by atoms with Crippen LogP contribution in [0.3, 0.4) is 0 Å². The molecule has 0 radical (unpaired) electrons. The lowest BCUT2D eigenvalue weighted by Gasteiger charge is -2.06. The number of hydrogen-bond donors (Lipinski definition) is 3. The van der Waals surface area contributed by atoms with Gasteiger partial charge in [-0.3, -0.25) is 0 Å². The molecule has 2 amide bonds. The average molecular weight is 205 g/mol. The number of urea groups is 1. The Morgan fingerprint density at radius 1 is 1.27 bits per heavy atom. The first-order valence-corrected chi connectivity index (χ1v) is 5.14. The van der Waals surface area contributed by atoms with Crippen molar-refractivity contribution in [1.82, 2.24) is 0 Å². The zero-order valence-electron chi connectivity index (χ0n) is 8.49. The van der Waals surface area contributed by atoms with Crippen LogP contribution < -0.4 is 16.4 Å². The van der Waals surface area contributed by atoms with Crippen LogP contribution in [0.5, 0.6) is 0 Å². The fourth-order valence-electron chi connectivity index (χ4n) is 1.40. The first-order chi connectivity index (χ1) is 7.24. The van der Waals surface area contributed by atoms with Crippen molar-refractivity contribution < 1.29 is 4.79 Å². The Morgan fingerprint density at radius 2 is 1.87 bits per heavy atom. The highest BCUT2D eigenvalue weighted by Gasteiger charge is 2.20. The maximum atomic E-state index is 10.6. The molecule has 1 aromatic carbocycles. The molecular formula is C11H15N3O. The second-order valence-corrected chi connectivity index (χ2v) is 3.89. The molecule has 0 bridgehead atoms. The van der Waals surface area contributed by atoms with Gasteiger partial charge in [-0.2, -0.15) is 0 Å². The van der Waals surface area contributed by atoms with E-state index in [9.17, 15) is 4.79 Å². The Hall–Kier alpha value is -1.71. The fourth-order valence-corrected chi connectivity index (χ4v) is 1.40. The molecule has 0 unspecified atom stereocenters. The molecule has 1 saturated carbocycles. The number of rotatable bonds is 4. The van der Waals surface area contributed by atoms with Crippen molar-refractivity contribution in [3.05, 3.63) is 24.3 Å². The molecule has 1 fully saturated rings. The van der Waals surface area contributed by atoms with Crippen LogP contribution in [0.1, 0.15) is 12.8 Å². The van der Waals surface area contributed by atoms with E-state index in [0.29, 0.717) is 0 Å². The molecule has 15 heavy (non-hydrogen) atoms. The standard InChI is InChI=1S/C11H15N3O/c12-11(15)14-10-5-3-9(4-6-10)13-7-8-1-2-8/h3-6,8,13H,1-2,7H2,(H3,12,14,15). The Balaban J connectivity index is 1.87. The van der Waals surface area contributed by atoms with E-state index in [1.165, 1.54) is 12.8 Å². The van der Waals surface area contributed by atoms with E-state index in [1.807, 2.05) is 24.3 Å². The van der Waals surface area contributed by atoms with Gasteiger partial charge in [-0.15, -0.1) is 0 Å². The highest BCUT2D eigenvalue weighted by atomic mass is 16.2. The molecule has 0 heterocycles. The zero-order chi connectivity index (χ0) is 10.7. The summed E-state index contributed by atoms with van der Waals surface area (Å²) in [6.07, 6.45) is 2.68. The summed E-state index contributed by atoms with van der Waals surface area (Å²) in [6, 6.07) is 7.01. The van der Waals surface area contributed by atoms with Gasteiger partial charge in [-0.1, -0.05) is 0 Å². The molecule has 0 atom stereocenters. The number of anilines is 2. The molecule has 4 N–H and O–H groups in total. The Labute approximate surface area is 88.9 Å². The smallest absolute Gasteiger partial charge is 0.316 e. The molecule has 2 rings (SSSR count). The normalized spacial score (nSPS) is 14.7. The summed E-state index contributed by atoms with van der Waals surface area (Å²) in [5.41, 5.74) is 6.81.